The van der Waals surface area contributed by atoms with E-state index in [1.165, 1.54) is 21.6 Å². The minimum Gasteiger partial charge on any atom is -0.465 e. The molecule has 4 aromatic rings. The van der Waals surface area contributed by atoms with Gasteiger partial charge in [0.2, 0.25) is 5.95 Å². The molecule has 0 radical (unpaired) electrons. The van der Waals surface area contributed by atoms with Crippen LogP contribution in [0.1, 0.15) is 27.8 Å². The van der Waals surface area contributed by atoms with Crippen molar-refractivity contribution in [1.29, 1.82) is 0 Å². The highest BCUT2D eigenvalue weighted by Gasteiger charge is 2.22. The van der Waals surface area contributed by atoms with Gasteiger partial charge in [0.1, 0.15) is 5.82 Å². The highest BCUT2D eigenvalue weighted by Crippen LogP contribution is 2.28. The smallest absolute Gasteiger partial charge is 0.417 e. The number of fused-ring (bicyclic) bond motifs is 1. The van der Waals surface area contributed by atoms with Gasteiger partial charge >= 0.3 is 11.8 Å². The minimum atomic E-state index is -0.906. The summed E-state index contributed by atoms with van der Waals surface area (Å²) in [6.45, 7) is 10.8. The average molecular weight is 518 g/mol. The van der Waals surface area contributed by atoms with Gasteiger partial charge in [-0.15, -0.1) is 0 Å². The molecular weight excluding hydrogens is 486 g/mol. The topological polar surface area (TPSA) is 140 Å². The van der Waals surface area contributed by atoms with E-state index >= 15 is 0 Å². The Morgan fingerprint density at radius 1 is 1.00 bits per heavy atom. The fourth-order valence-electron chi connectivity index (χ4n) is 4.66. The molecule has 4 N–H and O–H groups in total. The highest BCUT2D eigenvalue weighted by atomic mass is 16.4. The molecule has 0 saturated carbocycles. The van der Waals surface area contributed by atoms with Crippen molar-refractivity contribution in [1.82, 2.24) is 24.8 Å². The molecule has 2 aromatic carbocycles. The fraction of sp³-hybridized carbons (Fsp3) is 0.333. The summed E-state index contributed by atoms with van der Waals surface area (Å²) in [5, 5.41) is 15.9. The van der Waals surface area contributed by atoms with Crippen LogP contribution < -0.4 is 16.4 Å². The molecule has 11 nitrogen and oxygen atoms in total. The van der Waals surface area contributed by atoms with Crippen LogP contribution in [-0.2, 0) is 6.54 Å². The quantitative estimate of drug-likeness (QED) is 0.292. The van der Waals surface area contributed by atoms with E-state index < -0.39 is 11.8 Å². The number of H-pyrrole nitrogens is 1. The number of oxazole rings is 1. The van der Waals surface area contributed by atoms with E-state index in [1.807, 2.05) is 19.1 Å². The maximum Gasteiger partial charge on any atom is 0.417 e. The van der Waals surface area contributed by atoms with Crippen LogP contribution in [0.15, 0.2) is 39.7 Å². The van der Waals surface area contributed by atoms with Crippen molar-refractivity contribution in [3.8, 4) is 0 Å². The van der Waals surface area contributed by atoms with Gasteiger partial charge in [0.05, 0.1) is 5.52 Å². The Bertz CT molecular complexity index is 1540. The number of aromatic nitrogens is 3. The molecule has 5 rings (SSSR count). The number of nitrogens with one attached hydrogen (secondary N) is 3. The molecule has 0 aliphatic carbocycles. The lowest BCUT2D eigenvalue weighted by molar-refractivity contribution is 0.103. The van der Waals surface area contributed by atoms with Crippen molar-refractivity contribution in [2.24, 2.45) is 0 Å². The van der Waals surface area contributed by atoms with Crippen LogP contribution in [-0.4, -0.2) is 62.1 Å². The Hall–Kier alpha value is -4.38. The molecule has 11 heteroatoms. The van der Waals surface area contributed by atoms with Gasteiger partial charge in [-0.2, -0.15) is 4.98 Å². The average Bonchev–Trinajstić information content (AvgIpc) is 3.25. The molecule has 3 heterocycles. The number of carbonyl (C=O) groups is 1. The third-order valence-electron chi connectivity index (χ3n) is 7.05. The largest absolute Gasteiger partial charge is 0.465 e. The van der Waals surface area contributed by atoms with E-state index in [1.54, 1.807) is 6.20 Å². The lowest BCUT2D eigenvalue weighted by Gasteiger charge is -2.33. The van der Waals surface area contributed by atoms with E-state index in [-0.39, 0.29) is 0 Å². The van der Waals surface area contributed by atoms with Crippen molar-refractivity contribution in [3.05, 3.63) is 68.8 Å². The van der Waals surface area contributed by atoms with E-state index in [2.05, 4.69) is 58.4 Å². The zero-order chi connectivity index (χ0) is 27.0. The standard InChI is InChI=1S/C27H31N7O4/c1-15-9-20(10-16(2)18(15)4)30-25-28-13-17(3)24(32-25)29-21-11-19(23-22(12-21)31-26(35)38-23)14-33-5-7-34(8-6-33)27(36)37/h9-13H,5-8,14H2,1-4H3,(H,31,35)(H,36,37)(H2,28,29,30,32). The first-order valence-corrected chi connectivity index (χ1v) is 12.5. The first-order valence-electron chi connectivity index (χ1n) is 12.5. The summed E-state index contributed by atoms with van der Waals surface area (Å²) in [4.78, 5) is 38.7. The summed E-state index contributed by atoms with van der Waals surface area (Å²) >= 11 is 0. The van der Waals surface area contributed by atoms with Crippen LogP contribution in [0.2, 0.25) is 0 Å². The van der Waals surface area contributed by atoms with Gasteiger partial charge in [-0.05, 0) is 68.7 Å². The second-order valence-electron chi connectivity index (χ2n) is 9.78. The van der Waals surface area contributed by atoms with Crippen molar-refractivity contribution in [2.75, 3.05) is 36.8 Å². The summed E-state index contributed by atoms with van der Waals surface area (Å²) < 4.78 is 5.44. The van der Waals surface area contributed by atoms with Gasteiger partial charge in [-0.3, -0.25) is 9.88 Å². The van der Waals surface area contributed by atoms with Gasteiger partial charge in [0.25, 0.3) is 0 Å². The second-order valence-corrected chi connectivity index (χ2v) is 9.78. The van der Waals surface area contributed by atoms with Crippen LogP contribution >= 0.6 is 0 Å². The summed E-state index contributed by atoms with van der Waals surface area (Å²) in [5.74, 6) is 0.576. The number of amides is 1. The number of anilines is 4. The Balaban J connectivity index is 1.40. The Kier molecular flexibility index (Phi) is 6.77. The van der Waals surface area contributed by atoms with Gasteiger partial charge in [0, 0.05) is 61.4 Å². The van der Waals surface area contributed by atoms with Crippen LogP contribution in [0.25, 0.3) is 11.1 Å². The number of aryl methyl sites for hydroxylation is 3. The Labute approximate surface area is 219 Å². The number of piperazine rings is 1. The van der Waals surface area contributed by atoms with Crippen molar-refractivity contribution in [3.63, 3.8) is 0 Å². The van der Waals surface area contributed by atoms with Crippen molar-refractivity contribution in [2.45, 2.75) is 34.2 Å². The zero-order valence-electron chi connectivity index (χ0n) is 21.9. The number of benzene rings is 2. The molecule has 0 unspecified atom stereocenters. The number of aromatic amines is 1. The monoisotopic (exact) mass is 517 g/mol. The second kappa shape index (κ2) is 10.2. The van der Waals surface area contributed by atoms with Crippen LogP contribution in [0.4, 0.5) is 27.9 Å². The minimum absolute atomic E-state index is 0.434. The van der Waals surface area contributed by atoms with Crippen molar-refractivity contribution >= 4 is 40.3 Å². The molecule has 1 aliphatic heterocycles. The molecule has 2 aromatic heterocycles. The fourth-order valence-corrected chi connectivity index (χ4v) is 4.66. The molecule has 198 valence electrons. The van der Waals surface area contributed by atoms with E-state index in [0.717, 1.165) is 22.5 Å². The Morgan fingerprint density at radius 3 is 2.37 bits per heavy atom. The van der Waals surface area contributed by atoms with E-state index in [4.69, 9.17) is 9.40 Å². The molecule has 0 spiro atoms. The van der Waals surface area contributed by atoms with Crippen LogP contribution in [0.5, 0.6) is 0 Å². The maximum atomic E-state index is 12.0. The molecule has 1 amide bonds. The van der Waals surface area contributed by atoms with Gasteiger partial charge < -0.3 is 25.1 Å². The summed E-state index contributed by atoms with van der Waals surface area (Å²) in [6, 6.07) is 7.90. The summed E-state index contributed by atoms with van der Waals surface area (Å²) in [7, 11) is 0. The zero-order valence-corrected chi connectivity index (χ0v) is 21.9. The first kappa shape index (κ1) is 25.3. The highest BCUT2D eigenvalue weighted by molar-refractivity contribution is 5.82. The molecule has 1 aliphatic rings. The van der Waals surface area contributed by atoms with Crippen LogP contribution in [0, 0.1) is 27.7 Å². The third-order valence-corrected chi connectivity index (χ3v) is 7.05. The van der Waals surface area contributed by atoms with Gasteiger partial charge in [0.15, 0.2) is 5.58 Å². The first-order chi connectivity index (χ1) is 18.2. The maximum absolute atomic E-state index is 12.0. The molecule has 1 saturated heterocycles. The number of hydrogen-bond donors (Lipinski definition) is 4. The SMILES string of the molecule is Cc1cnc(Nc2cc(C)c(C)c(C)c2)nc1Nc1cc(CN2CCN(C(=O)O)CC2)c2oc(=O)[nH]c2c1. The normalized spacial score (nSPS) is 14.2. The predicted octanol–water partition coefficient (Wildman–Crippen LogP) is 4.43. The van der Waals surface area contributed by atoms with E-state index in [0.29, 0.717) is 55.6 Å². The molecule has 1 fully saturated rings. The lowest BCUT2D eigenvalue weighted by Crippen LogP contribution is -2.47. The number of hydrogen-bond acceptors (Lipinski definition) is 8. The number of carboxylic acid groups (broad SMARTS) is 1. The lowest BCUT2D eigenvalue weighted by atomic mass is 10.0. The molecule has 0 atom stereocenters. The van der Waals surface area contributed by atoms with Gasteiger partial charge in [-0.1, -0.05) is 0 Å². The van der Waals surface area contributed by atoms with E-state index in [9.17, 15) is 14.7 Å². The molecule has 38 heavy (non-hydrogen) atoms. The summed E-state index contributed by atoms with van der Waals surface area (Å²) in [5.41, 5.74) is 8.06. The Morgan fingerprint density at radius 2 is 1.68 bits per heavy atom. The van der Waals surface area contributed by atoms with Gasteiger partial charge in [-0.25, -0.2) is 14.6 Å². The molecule has 0 bridgehead atoms. The predicted molar refractivity (Wildman–Crippen MR) is 146 cm³/mol. The molecular formula is C27H31N7O4. The van der Waals surface area contributed by atoms with Crippen LogP contribution in [0.3, 0.4) is 0 Å². The number of nitrogens with zero attached hydrogens (tertiary/aromatic N) is 4. The number of rotatable bonds is 6. The third kappa shape index (κ3) is 5.32. The summed E-state index contributed by atoms with van der Waals surface area (Å²) in [6.07, 6.45) is 0.851. The van der Waals surface area contributed by atoms with Crippen molar-refractivity contribution < 1.29 is 14.3 Å².